The van der Waals surface area contributed by atoms with E-state index in [0.717, 1.165) is 6.42 Å². The molecule has 7 nitrogen and oxygen atoms in total. The van der Waals surface area contributed by atoms with Crippen molar-refractivity contribution in [2.75, 3.05) is 26.7 Å². The van der Waals surface area contributed by atoms with Gasteiger partial charge in [-0.15, -0.1) is 0 Å². The van der Waals surface area contributed by atoms with Crippen LogP contribution in [0.5, 0.6) is 5.75 Å². The molecule has 0 atom stereocenters. The van der Waals surface area contributed by atoms with Crippen LogP contribution in [0, 0.1) is 10.1 Å². The van der Waals surface area contributed by atoms with E-state index < -0.39 is 4.92 Å². The maximum atomic E-state index is 12.0. The standard InChI is InChI=1S/C13H19N3O4/c1-3-8-20-12-5-4-10(9-11(12)16(18)19)13(17)15(2)7-6-14/h4-5,9H,3,6-8,14H2,1-2H3. The zero-order chi connectivity index (χ0) is 15.1. The summed E-state index contributed by atoms with van der Waals surface area (Å²) < 4.78 is 5.30. The number of hydrogen-bond acceptors (Lipinski definition) is 5. The van der Waals surface area contributed by atoms with Crippen LogP contribution in [0.1, 0.15) is 23.7 Å². The zero-order valence-corrected chi connectivity index (χ0v) is 11.7. The third-order valence-electron chi connectivity index (χ3n) is 2.68. The predicted molar refractivity (Wildman–Crippen MR) is 74.9 cm³/mol. The van der Waals surface area contributed by atoms with Gasteiger partial charge in [0, 0.05) is 31.8 Å². The second-order valence-electron chi connectivity index (χ2n) is 4.30. The molecule has 7 heteroatoms. The second-order valence-corrected chi connectivity index (χ2v) is 4.30. The van der Waals surface area contributed by atoms with Gasteiger partial charge < -0.3 is 15.4 Å². The minimum absolute atomic E-state index is 0.176. The summed E-state index contributed by atoms with van der Waals surface area (Å²) in [6.45, 7) is 3.02. The number of nitrogens with zero attached hydrogens (tertiary/aromatic N) is 2. The van der Waals surface area contributed by atoms with E-state index in [0.29, 0.717) is 19.7 Å². The van der Waals surface area contributed by atoms with Crippen LogP contribution in [0.4, 0.5) is 5.69 Å². The molecule has 1 rings (SSSR count). The van der Waals surface area contributed by atoms with Crippen LogP contribution in [-0.2, 0) is 0 Å². The van der Waals surface area contributed by atoms with Crippen molar-refractivity contribution < 1.29 is 14.5 Å². The lowest BCUT2D eigenvalue weighted by Crippen LogP contribution is -2.31. The van der Waals surface area contributed by atoms with Crippen LogP contribution in [0.15, 0.2) is 18.2 Å². The first kappa shape index (κ1) is 15.9. The molecule has 0 radical (unpaired) electrons. The van der Waals surface area contributed by atoms with Crippen LogP contribution < -0.4 is 10.5 Å². The number of benzene rings is 1. The Hall–Kier alpha value is -2.15. The molecule has 1 aromatic rings. The van der Waals surface area contributed by atoms with Gasteiger partial charge in [-0.3, -0.25) is 14.9 Å². The Kier molecular flexibility index (Phi) is 5.92. The van der Waals surface area contributed by atoms with E-state index in [2.05, 4.69) is 0 Å². The fraction of sp³-hybridized carbons (Fsp3) is 0.462. The van der Waals surface area contributed by atoms with E-state index in [1.165, 1.54) is 23.1 Å². The average Bonchev–Trinajstić information content (AvgIpc) is 2.44. The number of carbonyl (C=O) groups is 1. The Morgan fingerprint density at radius 3 is 2.75 bits per heavy atom. The number of nitrogens with two attached hydrogens (primary N) is 1. The van der Waals surface area contributed by atoms with E-state index >= 15 is 0 Å². The van der Waals surface area contributed by atoms with Gasteiger partial charge >= 0.3 is 5.69 Å². The number of nitro benzene ring substituents is 1. The van der Waals surface area contributed by atoms with Crippen molar-refractivity contribution in [2.24, 2.45) is 5.73 Å². The molecular formula is C13H19N3O4. The van der Waals surface area contributed by atoms with Gasteiger partial charge in [-0.1, -0.05) is 6.92 Å². The molecule has 0 aliphatic rings. The summed E-state index contributed by atoms with van der Waals surface area (Å²) in [5, 5.41) is 11.0. The van der Waals surface area contributed by atoms with Gasteiger partial charge in [-0.2, -0.15) is 0 Å². The SMILES string of the molecule is CCCOc1ccc(C(=O)N(C)CCN)cc1[N+](=O)[O-]. The summed E-state index contributed by atoms with van der Waals surface area (Å²) in [6, 6.07) is 4.21. The molecule has 1 amide bonds. The van der Waals surface area contributed by atoms with Crippen molar-refractivity contribution in [2.45, 2.75) is 13.3 Å². The molecule has 0 aliphatic carbocycles. The Morgan fingerprint density at radius 2 is 2.20 bits per heavy atom. The van der Waals surface area contributed by atoms with Crippen molar-refractivity contribution in [3.63, 3.8) is 0 Å². The van der Waals surface area contributed by atoms with E-state index in [4.69, 9.17) is 10.5 Å². The number of amides is 1. The predicted octanol–water partition coefficient (Wildman–Crippen LogP) is 1.41. The highest BCUT2D eigenvalue weighted by molar-refractivity contribution is 5.95. The number of hydrogen-bond donors (Lipinski definition) is 1. The molecule has 0 aromatic heterocycles. The monoisotopic (exact) mass is 281 g/mol. The Morgan fingerprint density at radius 1 is 1.50 bits per heavy atom. The number of likely N-dealkylation sites (N-methyl/N-ethyl adjacent to an activating group) is 1. The molecule has 2 N–H and O–H groups in total. The molecule has 0 saturated carbocycles. The van der Waals surface area contributed by atoms with Crippen molar-refractivity contribution in [1.29, 1.82) is 0 Å². The Labute approximate surface area is 117 Å². The third-order valence-corrected chi connectivity index (χ3v) is 2.68. The summed E-state index contributed by atoms with van der Waals surface area (Å²) in [5.41, 5.74) is 5.42. The lowest BCUT2D eigenvalue weighted by molar-refractivity contribution is -0.385. The molecule has 0 unspecified atom stereocenters. The van der Waals surface area contributed by atoms with Gasteiger partial charge in [0.15, 0.2) is 5.75 Å². The number of rotatable bonds is 7. The lowest BCUT2D eigenvalue weighted by Gasteiger charge is -2.16. The molecular weight excluding hydrogens is 262 g/mol. The lowest BCUT2D eigenvalue weighted by atomic mass is 10.1. The first-order valence-corrected chi connectivity index (χ1v) is 6.38. The minimum atomic E-state index is -0.551. The molecule has 0 heterocycles. The number of carbonyl (C=O) groups excluding carboxylic acids is 1. The van der Waals surface area contributed by atoms with Crippen LogP contribution in [0.2, 0.25) is 0 Å². The van der Waals surface area contributed by atoms with Gasteiger partial charge in [0.05, 0.1) is 11.5 Å². The van der Waals surface area contributed by atoms with Gasteiger partial charge in [-0.25, -0.2) is 0 Å². The van der Waals surface area contributed by atoms with E-state index in [-0.39, 0.29) is 22.9 Å². The van der Waals surface area contributed by atoms with Crippen molar-refractivity contribution in [3.8, 4) is 5.75 Å². The van der Waals surface area contributed by atoms with Crippen LogP contribution in [-0.4, -0.2) is 42.5 Å². The highest BCUT2D eigenvalue weighted by Gasteiger charge is 2.20. The Bertz CT molecular complexity index is 491. The largest absolute Gasteiger partial charge is 0.487 e. The van der Waals surface area contributed by atoms with Crippen LogP contribution in [0.3, 0.4) is 0 Å². The quantitative estimate of drug-likeness (QED) is 0.602. The van der Waals surface area contributed by atoms with E-state index in [9.17, 15) is 14.9 Å². The van der Waals surface area contributed by atoms with Crippen LogP contribution >= 0.6 is 0 Å². The highest BCUT2D eigenvalue weighted by Crippen LogP contribution is 2.28. The topological polar surface area (TPSA) is 98.7 Å². The maximum Gasteiger partial charge on any atom is 0.311 e. The molecule has 0 saturated heterocycles. The van der Waals surface area contributed by atoms with Gasteiger partial charge in [0.25, 0.3) is 5.91 Å². The smallest absolute Gasteiger partial charge is 0.311 e. The molecule has 0 aliphatic heterocycles. The van der Waals surface area contributed by atoms with Crippen molar-refractivity contribution in [1.82, 2.24) is 4.90 Å². The summed E-state index contributed by atoms with van der Waals surface area (Å²) in [6.07, 6.45) is 0.747. The normalized spacial score (nSPS) is 10.2. The minimum Gasteiger partial charge on any atom is -0.487 e. The Balaban J connectivity index is 3.03. The van der Waals surface area contributed by atoms with Crippen LogP contribution in [0.25, 0.3) is 0 Å². The first-order chi connectivity index (χ1) is 9.51. The molecule has 1 aromatic carbocycles. The summed E-state index contributed by atoms with van der Waals surface area (Å²) >= 11 is 0. The fourth-order valence-corrected chi connectivity index (χ4v) is 1.64. The molecule has 0 fully saturated rings. The highest BCUT2D eigenvalue weighted by atomic mass is 16.6. The molecule has 20 heavy (non-hydrogen) atoms. The number of ether oxygens (including phenoxy) is 1. The molecule has 0 spiro atoms. The summed E-state index contributed by atoms with van der Waals surface area (Å²) in [4.78, 5) is 23.9. The first-order valence-electron chi connectivity index (χ1n) is 6.38. The maximum absolute atomic E-state index is 12.0. The fourth-order valence-electron chi connectivity index (χ4n) is 1.64. The van der Waals surface area contributed by atoms with Crippen molar-refractivity contribution >= 4 is 11.6 Å². The van der Waals surface area contributed by atoms with Crippen molar-refractivity contribution in [3.05, 3.63) is 33.9 Å². The van der Waals surface area contributed by atoms with Gasteiger partial charge in [0.1, 0.15) is 0 Å². The van der Waals surface area contributed by atoms with Gasteiger partial charge in [0.2, 0.25) is 0 Å². The van der Waals surface area contributed by atoms with E-state index in [1.807, 2.05) is 6.92 Å². The average molecular weight is 281 g/mol. The summed E-state index contributed by atoms with van der Waals surface area (Å²) in [7, 11) is 1.60. The second kappa shape index (κ2) is 7.44. The van der Waals surface area contributed by atoms with Gasteiger partial charge in [-0.05, 0) is 18.6 Å². The number of nitro groups is 1. The summed E-state index contributed by atoms with van der Waals surface area (Å²) in [5.74, 6) is -0.129. The molecule has 0 bridgehead atoms. The molecule has 110 valence electrons. The third kappa shape index (κ3) is 3.92. The zero-order valence-electron chi connectivity index (χ0n) is 11.7. The van der Waals surface area contributed by atoms with E-state index in [1.54, 1.807) is 7.05 Å².